The molecule has 1 spiro atoms. The fourth-order valence-electron chi connectivity index (χ4n) is 7.96. The smallest absolute Gasteiger partial charge is 0.215 e. The van der Waals surface area contributed by atoms with Crippen molar-refractivity contribution in [3.63, 3.8) is 0 Å². The van der Waals surface area contributed by atoms with Gasteiger partial charge in [0.2, 0.25) is 5.90 Å². The Kier molecular flexibility index (Phi) is 5.37. The van der Waals surface area contributed by atoms with Gasteiger partial charge >= 0.3 is 0 Å². The largest absolute Gasteiger partial charge is 0.456 e. The first kappa shape index (κ1) is 24.7. The summed E-state index contributed by atoms with van der Waals surface area (Å²) in [5.74, 6) is 2.42. The summed E-state index contributed by atoms with van der Waals surface area (Å²) in [6.45, 7) is 0.943. The van der Waals surface area contributed by atoms with Crippen LogP contribution < -0.4 is 9.64 Å². The number of fused-ring (bicyclic) bond motifs is 8. The number of hydrogen-bond acceptors (Lipinski definition) is 4. The maximum Gasteiger partial charge on any atom is 0.215 e. The molecule has 9 rings (SSSR count). The quantitative estimate of drug-likeness (QED) is 0.239. The maximum absolute atomic E-state index is 8.83. The number of para-hydroxylation sites is 1. The predicted octanol–water partition coefficient (Wildman–Crippen LogP) is 8.80. The van der Waals surface area contributed by atoms with Crippen molar-refractivity contribution in [3.05, 3.63) is 154 Å². The van der Waals surface area contributed by atoms with Gasteiger partial charge in [-0.25, -0.2) is 0 Å². The molecule has 2 unspecified atom stereocenters. The van der Waals surface area contributed by atoms with E-state index in [1.54, 1.807) is 0 Å². The number of nitrogens with one attached hydrogen (secondary N) is 1. The average molecular weight is 561 g/mol. The van der Waals surface area contributed by atoms with Crippen molar-refractivity contribution < 1.29 is 9.47 Å². The molecular formula is C39H32N2O2. The minimum absolute atomic E-state index is 0.205. The monoisotopic (exact) mass is 560 g/mol. The molecule has 2 atom stereocenters. The van der Waals surface area contributed by atoms with Crippen LogP contribution in [-0.2, 0) is 29.6 Å². The lowest BCUT2D eigenvalue weighted by Crippen LogP contribution is -2.33. The fourth-order valence-corrected chi connectivity index (χ4v) is 7.96. The van der Waals surface area contributed by atoms with Gasteiger partial charge in [-0.15, -0.1) is 0 Å². The molecule has 5 aromatic carbocycles. The zero-order chi connectivity index (χ0) is 28.5. The molecule has 0 fully saturated rings. The van der Waals surface area contributed by atoms with E-state index < -0.39 is 5.60 Å². The molecule has 210 valence electrons. The van der Waals surface area contributed by atoms with Crippen molar-refractivity contribution in [1.29, 1.82) is 5.41 Å². The van der Waals surface area contributed by atoms with Gasteiger partial charge in [-0.2, -0.15) is 0 Å². The molecule has 0 amide bonds. The van der Waals surface area contributed by atoms with E-state index in [4.69, 9.17) is 14.9 Å². The first-order chi connectivity index (χ1) is 21.2. The highest BCUT2D eigenvalue weighted by molar-refractivity contribution is 5.98. The molecule has 4 heteroatoms. The number of aryl methyl sites for hydroxylation is 2. The molecule has 0 saturated heterocycles. The zero-order valence-corrected chi connectivity index (χ0v) is 24.0. The number of hydrogen-bond donors (Lipinski definition) is 1. The molecule has 0 aromatic heterocycles. The van der Waals surface area contributed by atoms with Crippen LogP contribution in [0.1, 0.15) is 63.3 Å². The van der Waals surface area contributed by atoms with Gasteiger partial charge in [0.1, 0.15) is 11.5 Å². The first-order valence-corrected chi connectivity index (χ1v) is 15.5. The summed E-state index contributed by atoms with van der Waals surface area (Å²) in [6, 6.07) is 38.8. The summed E-state index contributed by atoms with van der Waals surface area (Å²) in [6.07, 6.45) is 5.56. The summed E-state index contributed by atoms with van der Waals surface area (Å²) >= 11 is 0. The lowest BCUT2D eigenvalue weighted by molar-refractivity contribution is 0.142. The summed E-state index contributed by atoms with van der Waals surface area (Å²) < 4.78 is 13.4. The van der Waals surface area contributed by atoms with E-state index in [1.807, 2.05) is 18.2 Å². The van der Waals surface area contributed by atoms with Crippen LogP contribution >= 0.6 is 0 Å². The topological polar surface area (TPSA) is 45.6 Å². The number of benzene rings is 5. The Labute approximate surface area is 252 Å². The van der Waals surface area contributed by atoms with Crippen molar-refractivity contribution in [2.24, 2.45) is 0 Å². The maximum atomic E-state index is 8.83. The van der Waals surface area contributed by atoms with Crippen LogP contribution in [0.4, 0.5) is 11.4 Å². The van der Waals surface area contributed by atoms with Crippen molar-refractivity contribution in [1.82, 2.24) is 0 Å². The highest BCUT2D eigenvalue weighted by atomic mass is 16.5. The molecule has 1 aliphatic carbocycles. The third-order valence-corrected chi connectivity index (χ3v) is 10.0. The molecule has 0 radical (unpaired) electrons. The highest BCUT2D eigenvalue weighted by Crippen LogP contribution is 2.57. The fraction of sp³-hybridized carbons (Fsp3) is 0.205. The van der Waals surface area contributed by atoms with E-state index >= 15 is 0 Å². The third-order valence-electron chi connectivity index (χ3n) is 10.0. The molecule has 1 N–H and O–H groups in total. The summed E-state index contributed by atoms with van der Waals surface area (Å²) in [5.41, 5.74) is 10.9. The number of nitrogens with zero attached hydrogens (tertiary/aromatic N) is 1. The van der Waals surface area contributed by atoms with Crippen LogP contribution in [0.3, 0.4) is 0 Å². The van der Waals surface area contributed by atoms with E-state index in [0.717, 1.165) is 65.2 Å². The Balaban J connectivity index is 1.13. The lowest BCUT2D eigenvalue weighted by atomic mass is 9.77. The Morgan fingerprint density at radius 3 is 2.44 bits per heavy atom. The van der Waals surface area contributed by atoms with E-state index in [0.29, 0.717) is 5.92 Å². The molecule has 0 saturated carbocycles. The van der Waals surface area contributed by atoms with E-state index in [9.17, 15) is 0 Å². The second kappa shape index (κ2) is 9.34. The van der Waals surface area contributed by atoms with Crippen LogP contribution in [0.25, 0.3) is 0 Å². The van der Waals surface area contributed by atoms with Gasteiger partial charge < -0.3 is 14.4 Å². The second-order valence-electron chi connectivity index (χ2n) is 12.3. The lowest BCUT2D eigenvalue weighted by Gasteiger charge is -2.37. The standard InChI is InChI=1S/C39H32N2O2/c40-38-31-10-4-5-11-32(31)39(43-38)33-19-14-25(13-15-27-17-16-26-7-1-3-9-30(26)27)23-36(33)42-37-24-29(18-20-34(37)39)41-22-21-28-8-2-6-12-35(28)41/h1-12,14,18-20,23-24,27,40H,13,15-17,21-22H2. The number of anilines is 2. The van der Waals surface area contributed by atoms with Crippen LogP contribution in [-0.4, -0.2) is 12.4 Å². The molecule has 0 bridgehead atoms. The highest BCUT2D eigenvalue weighted by Gasteiger charge is 2.52. The van der Waals surface area contributed by atoms with Gasteiger partial charge in [-0.3, -0.25) is 5.41 Å². The van der Waals surface area contributed by atoms with Crippen LogP contribution in [0.5, 0.6) is 11.5 Å². The number of rotatable bonds is 4. The summed E-state index contributed by atoms with van der Waals surface area (Å²) in [4.78, 5) is 2.38. The van der Waals surface area contributed by atoms with Crippen LogP contribution in [0, 0.1) is 5.41 Å². The van der Waals surface area contributed by atoms with Crippen molar-refractivity contribution >= 4 is 17.3 Å². The molecule has 5 aromatic rings. The average Bonchev–Trinajstić information content (AvgIpc) is 3.75. The molecule has 3 aliphatic heterocycles. The molecule has 43 heavy (non-hydrogen) atoms. The first-order valence-electron chi connectivity index (χ1n) is 15.5. The predicted molar refractivity (Wildman–Crippen MR) is 170 cm³/mol. The molecular weight excluding hydrogens is 528 g/mol. The number of ether oxygens (including phenoxy) is 2. The minimum Gasteiger partial charge on any atom is -0.456 e. The molecule has 3 heterocycles. The van der Waals surface area contributed by atoms with E-state index in [2.05, 4.69) is 95.9 Å². The van der Waals surface area contributed by atoms with Gasteiger partial charge in [0.15, 0.2) is 5.60 Å². The van der Waals surface area contributed by atoms with Crippen LogP contribution in [0.2, 0.25) is 0 Å². The third kappa shape index (κ3) is 3.65. The molecule has 4 nitrogen and oxygen atoms in total. The Morgan fingerprint density at radius 1 is 0.744 bits per heavy atom. The second-order valence-corrected chi connectivity index (χ2v) is 12.3. The van der Waals surface area contributed by atoms with Gasteiger partial charge in [0, 0.05) is 46.2 Å². The summed E-state index contributed by atoms with van der Waals surface area (Å²) in [7, 11) is 0. The minimum atomic E-state index is -0.916. The summed E-state index contributed by atoms with van der Waals surface area (Å²) in [5, 5.41) is 8.83. The van der Waals surface area contributed by atoms with Crippen molar-refractivity contribution in [3.8, 4) is 11.5 Å². The SMILES string of the molecule is N=C1OC2(c3ccc(CCC4CCc5ccccc54)cc3Oc3cc(N4CCc5ccccc54)ccc32)c2ccccc21. The van der Waals surface area contributed by atoms with Crippen molar-refractivity contribution in [2.75, 3.05) is 11.4 Å². The van der Waals surface area contributed by atoms with Gasteiger partial charge in [0.25, 0.3) is 0 Å². The van der Waals surface area contributed by atoms with Crippen molar-refractivity contribution in [2.45, 2.75) is 43.6 Å². The molecule has 4 aliphatic rings. The van der Waals surface area contributed by atoms with Gasteiger partial charge in [-0.1, -0.05) is 72.8 Å². The van der Waals surface area contributed by atoms with Gasteiger partial charge in [-0.05, 0) is 90.6 Å². The Hall–Kier alpha value is -4.83. The van der Waals surface area contributed by atoms with E-state index in [-0.39, 0.29) is 5.90 Å². The van der Waals surface area contributed by atoms with Crippen LogP contribution in [0.15, 0.2) is 109 Å². The zero-order valence-electron chi connectivity index (χ0n) is 24.0. The Bertz CT molecular complexity index is 1940. The Morgan fingerprint density at radius 2 is 1.51 bits per heavy atom. The normalized spacial score (nSPS) is 20.6. The van der Waals surface area contributed by atoms with E-state index in [1.165, 1.54) is 40.8 Å². The van der Waals surface area contributed by atoms with Gasteiger partial charge in [0.05, 0.1) is 0 Å².